The third-order valence-corrected chi connectivity index (χ3v) is 3.63. The summed E-state index contributed by atoms with van der Waals surface area (Å²) >= 11 is 0. The lowest BCUT2D eigenvalue weighted by Crippen LogP contribution is -2.24. The highest BCUT2D eigenvalue weighted by atomic mass is 19.2. The molecule has 4 nitrogen and oxygen atoms in total. The number of amides is 2. The predicted octanol–water partition coefficient (Wildman–Crippen LogP) is 4.14. The van der Waals surface area contributed by atoms with Gasteiger partial charge in [-0.2, -0.15) is 0 Å². The fourth-order valence-corrected chi connectivity index (χ4v) is 2.26. The lowest BCUT2D eigenvalue weighted by molar-refractivity contribution is 0.0953. The summed E-state index contributed by atoms with van der Waals surface area (Å²) in [4.78, 5) is 24.3. The number of carbonyl (C=O) groups is 2. The van der Waals surface area contributed by atoms with Crippen LogP contribution in [0.2, 0.25) is 0 Å². The third kappa shape index (κ3) is 5.38. The van der Waals surface area contributed by atoms with Crippen molar-refractivity contribution in [2.75, 3.05) is 11.9 Å². The molecule has 2 amide bonds. The van der Waals surface area contributed by atoms with Crippen LogP contribution >= 0.6 is 0 Å². The van der Waals surface area contributed by atoms with Crippen molar-refractivity contribution < 1.29 is 18.4 Å². The fraction of sp³-hybridized carbons (Fsp3) is 0.263. The van der Waals surface area contributed by atoms with Crippen LogP contribution in [0.25, 0.3) is 0 Å². The first-order valence-electron chi connectivity index (χ1n) is 8.16. The maximum absolute atomic E-state index is 13.2. The molecule has 0 spiro atoms. The van der Waals surface area contributed by atoms with E-state index in [1.807, 2.05) is 0 Å². The largest absolute Gasteiger partial charge is 0.352 e. The highest BCUT2D eigenvalue weighted by molar-refractivity contribution is 6.06. The summed E-state index contributed by atoms with van der Waals surface area (Å²) in [6.45, 7) is 2.66. The van der Waals surface area contributed by atoms with Gasteiger partial charge in [-0.05, 0) is 36.8 Å². The summed E-state index contributed by atoms with van der Waals surface area (Å²) in [5.74, 6) is -2.79. The average molecular weight is 346 g/mol. The summed E-state index contributed by atoms with van der Waals surface area (Å²) in [7, 11) is 0. The molecule has 0 saturated carbocycles. The molecule has 6 heteroatoms. The number of hydrogen-bond donors (Lipinski definition) is 2. The molecule has 132 valence electrons. The second-order valence-corrected chi connectivity index (χ2v) is 5.63. The minimum Gasteiger partial charge on any atom is -0.352 e. The van der Waals surface area contributed by atoms with Crippen LogP contribution in [0.5, 0.6) is 0 Å². The first-order valence-corrected chi connectivity index (χ1v) is 8.16. The van der Waals surface area contributed by atoms with E-state index >= 15 is 0 Å². The Balaban J connectivity index is 2.03. The minimum atomic E-state index is -1.04. The molecule has 0 radical (unpaired) electrons. The molecule has 25 heavy (non-hydrogen) atoms. The molecule has 0 heterocycles. The second kappa shape index (κ2) is 8.92. The molecule has 0 aromatic heterocycles. The first-order chi connectivity index (χ1) is 12.0. The van der Waals surface area contributed by atoms with Gasteiger partial charge < -0.3 is 10.6 Å². The number of rotatable bonds is 7. The van der Waals surface area contributed by atoms with Crippen LogP contribution in [-0.2, 0) is 0 Å². The van der Waals surface area contributed by atoms with Gasteiger partial charge in [-0.1, -0.05) is 25.8 Å². The van der Waals surface area contributed by atoms with Crippen LogP contribution in [0, 0.1) is 11.6 Å². The van der Waals surface area contributed by atoms with Crippen molar-refractivity contribution in [3.05, 3.63) is 65.2 Å². The Morgan fingerprint density at radius 1 is 0.920 bits per heavy atom. The van der Waals surface area contributed by atoms with Gasteiger partial charge in [0.1, 0.15) is 0 Å². The van der Waals surface area contributed by atoms with Crippen molar-refractivity contribution in [2.24, 2.45) is 0 Å². The van der Waals surface area contributed by atoms with Crippen LogP contribution in [0.4, 0.5) is 14.5 Å². The zero-order valence-electron chi connectivity index (χ0n) is 13.9. The summed E-state index contributed by atoms with van der Waals surface area (Å²) in [5.41, 5.74) is 0.763. The minimum absolute atomic E-state index is 0.137. The molecule has 2 N–H and O–H groups in total. The van der Waals surface area contributed by atoms with E-state index in [1.165, 1.54) is 12.1 Å². The molecule has 0 aliphatic rings. The molecular formula is C19H20F2N2O2. The molecule has 0 bridgehead atoms. The summed E-state index contributed by atoms with van der Waals surface area (Å²) in [6.07, 6.45) is 3.00. The van der Waals surface area contributed by atoms with Crippen molar-refractivity contribution in [3.63, 3.8) is 0 Å². The molecule has 0 fully saturated rings. The van der Waals surface area contributed by atoms with Crippen molar-refractivity contribution in [1.29, 1.82) is 0 Å². The smallest absolute Gasteiger partial charge is 0.255 e. The lowest BCUT2D eigenvalue weighted by atomic mass is 10.1. The number of halogens is 2. The predicted molar refractivity (Wildman–Crippen MR) is 92.6 cm³/mol. The fourth-order valence-electron chi connectivity index (χ4n) is 2.26. The van der Waals surface area contributed by atoms with E-state index in [4.69, 9.17) is 0 Å². The lowest BCUT2D eigenvalue weighted by Gasteiger charge is -2.08. The number of anilines is 1. The van der Waals surface area contributed by atoms with Gasteiger partial charge in [0.2, 0.25) is 0 Å². The topological polar surface area (TPSA) is 58.2 Å². The Morgan fingerprint density at radius 2 is 1.64 bits per heavy atom. The number of nitrogens with one attached hydrogen (secondary N) is 2. The van der Waals surface area contributed by atoms with E-state index in [-0.39, 0.29) is 17.2 Å². The summed E-state index contributed by atoms with van der Waals surface area (Å²) in [6, 6.07) is 9.32. The van der Waals surface area contributed by atoms with Crippen molar-refractivity contribution >= 4 is 17.5 Å². The Bertz CT molecular complexity index is 763. The third-order valence-electron chi connectivity index (χ3n) is 3.63. The van der Waals surface area contributed by atoms with Gasteiger partial charge in [-0.15, -0.1) is 0 Å². The number of unbranched alkanes of at least 4 members (excludes halogenated alkanes) is 2. The van der Waals surface area contributed by atoms with Gasteiger partial charge in [-0.3, -0.25) is 9.59 Å². The van der Waals surface area contributed by atoms with Gasteiger partial charge in [0.25, 0.3) is 11.8 Å². The van der Waals surface area contributed by atoms with Crippen LogP contribution in [0.1, 0.15) is 46.9 Å². The van der Waals surface area contributed by atoms with Crippen LogP contribution in [0.15, 0.2) is 42.5 Å². The molecule has 0 atom stereocenters. The number of hydrogen-bond acceptors (Lipinski definition) is 2. The zero-order valence-corrected chi connectivity index (χ0v) is 13.9. The Kier molecular flexibility index (Phi) is 6.62. The zero-order chi connectivity index (χ0) is 18.2. The van der Waals surface area contributed by atoms with Crippen molar-refractivity contribution in [3.8, 4) is 0 Å². The van der Waals surface area contributed by atoms with E-state index in [9.17, 15) is 18.4 Å². The molecule has 0 unspecified atom stereocenters. The van der Waals surface area contributed by atoms with Gasteiger partial charge >= 0.3 is 0 Å². The second-order valence-electron chi connectivity index (χ2n) is 5.63. The van der Waals surface area contributed by atoms with E-state index in [0.717, 1.165) is 31.4 Å². The molecule has 2 aromatic rings. The standard InChI is InChI=1S/C19H20F2N2O2/c1-2-3-4-10-22-18(24)13-6-5-7-14(11-13)19(25)23-15-8-9-16(20)17(21)12-15/h5-9,11-12H,2-4,10H2,1H3,(H,22,24)(H,23,25). The van der Waals surface area contributed by atoms with E-state index in [1.54, 1.807) is 18.2 Å². The Morgan fingerprint density at radius 3 is 2.32 bits per heavy atom. The summed E-state index contributed by atoms with van der Waals surface area (Å²) in [5, 5.41) is 5.28. The van der Waals surface area contributed by atoms with E-state index < -0.39 is 17.5 Å². The van der Waals surface area contributed by atoms with Gasteiger partial charge in [0, 0.05) is 29.4 Å². The van der Waals surface area contributed by atoms with E-state index in [0.29, 0.717) is 12.1 Å². The maximum Gasteiger partial charge on any atom is 0.255 e. The monoisotopic (exact) mass is 346 g/mol. The van der Waals surface area contributed by atoms with Crippen molar-refractivity contribution in [2.45, 2.75) is 26.2 Å². The summed E-state index contributed by atoms with van der Waals surface area (Å²) < 4.78 is 26.1. The van der Waals surface area contributed by atoms with E-state index in [2.05, 4.69) is 17.6 Å². The van der Waals surface area contributed by atoms with Gasteiger partial charge in [0.05, 0.1) is 0 Å². The highest BCUT2D eigenvalue weighted by Gasteiger charge is 2.11. The molecule has 2 rings (SSSR count). The SMILES string of the molecule is CCCCCNC(=O)c1cccc(C(=O)Nc2ccc(F)c(F)c2)c1. The molecule has 2 aromatic carbocycles. The van der Waals surface area contributed by atoms with Gasteiger partial charge in [-0.25, -0.2) is 8.78 Å². The number of benzene rings is 2. The first kappa shape index (κ1) is 18.6. The van der Waals surface area contributed by atoms with Crippen LogP contribution < -0.4 is 10.6 Å². The maximum atomic E-state index is 13.2. The molecule has 0 aliphatic carbocycles. The average Bonchev–Trinajstić information content (AvgIpc) is 2.62. The van der Waals surface area contributed by atoms with Crippen LogP contribution in [-0.4, -0.2) is 18.4 Å². The Hall–Kier alpha value is -2.76. The number of carbonyl (C=O) groups excluding carboxylic acids is 2. The normalized spacial score (nSPS) is 10.4. The highest BCUT2D eigenvalue weighted by Crippen LogP contribution is 2.15. The molecule has 0 saturated heterocycles. The molecular weight excluding hydrogens is 326 g/mol. The van der Waals surface area contributed by atoms with Gasteiger partial charge in [0.15, 0.2) is 11.6 Å². The van der Waals surface area contributed by atoms with Crippen LogP contribution in [0.3, 0.4) is 0 Å². The Labute approximate surface area is 145 Å². The van der Waals surface area contributed by atoms with Crippen molar-refractivity contribution in [1.82, 2.24) is 5.32 Å². The molecule has 0 aliphatic heterocycles. The quantitative estimate of drug-likeness (QED) is 0.741.